The fraction of sp³-hybridized carbons (Fsp3) is 0.444. The second-order valence-corrected chi connectivity index (χ2v) is 6.61. The van der Waals surface area contributed by atoms with Crippen LogP contribution >= 0.6 is 0 Å². The van der Waals surface area contributed by atoms with E-state index in [1.807, 2.05) is 6.92 Å². The van der Waals surface area contributed by atoms with E-state index < -0.39 is 6.04 Å². The zero-order valence-electron chi connectivity index (χ0n) is 15.2. The lowest BCUT2D eigenvalue weighted by Crippen LogP contribution is -2.36. The minimum atomic E-state index is -0.723. The summed E-state index contributed by atoms with van der Waals surface area (Å²) in [5, 5.41) is 9.92. The molecular weight excluding hydrogens is 334 g/mol. The maximum atomic E-state index is 12.7. The first-order valence-electron chi connectivity index (χ1n) is 8.75. The topological polar surface area (TPSA) is 98.1 Å². The van der Waals surface area contributed by atoms with E-state index >= 15 is 0 Å². The SMILES string of the molecule is CCOc1ccc(NC(=O)[C@H]2CC(=O)Nc3nc(CC(C)C)nn32)cc1. The van der Waals surface area contributed by atoms with Gasteiger partial charge in [-0.1, -0.05) is 13.8 Å². The number of nitrogens with one attached hydrogen (secondary N) is 2. The monoisotopic (exact) mass is 357 g/mol. The van der Waals surface area contributed by atoms with Crippen molar-refractivity contribution in [3.05, 3.63) is 30.1 Å². The van der Waals surface area contributed by atoms with Gasteiger partial charge in [0.1, 0.15) is 11.8 Å². The van der Waals surface area contributed by atoms with Crippen molar-refractivity contribution in [3.8, 4) is 5.75 Å². The average molecular weight is 357 g/mol. The van der Waals surface area contributed by atoms with Gasteiger partial charge in [0.15, 0.2) is 5.82 Å². The predicted molar refractivity (Wildman–Crippen MR) is 97.1 cm³/mol. The Kier molecular flexibility index (Phi) is 5.20. The van der Waals surface area contributed by atoms with Crippen molar-refractivity contribution in [2.45, 2.75) is 39.7 Å². The summed E-state index contributed by atoms with van der Waals surface area (Å²) < 4.78 is 6.89. The van der Waals surface area contributed by atoms with Crippen molar-refractivity contribution in [1.82, 2.24) is 14.8 Å². The van der Waals surface area contributed by atoms with Gasteiger partial charge in [-0.05, 0) is 37.1 Å². The number of benzene rings is 1. The molecule has 0 spiro atoms. The van der Waals surface area contributed by atoms with Crippen molar-refractivity contribution >= 4 is 23.5 Å². The molecule has 1 aromatic carbocycles. The van der Waals surface area contributed by atoms with Crippen LogP contribution in [0.3, 0.4) is 0 Å². The van der Waals surface area contributed by atoms with Gasteiger partial charge >= 0.3 is 0 Å². The van der Waals surface area contributed by atoms with E-state index in [0.717, 1.165) is 5.75 Å². The lowest BCUT2D eigenvalue weighted by molar-refractivity contribution is -0.125. The Morgan fingerprint density at radius 2 is 2.12 bits per heavy atom. The lowest BCUT2D eigenvalue weighted by atomic mass is 10.1. The Morgan fingerprint density at radius 1 is 1.38 bits per heavy atom. The fourth-order valence-electron chi connectivity index (χ4n) is 2.79. The highest BCUT2D eigenvalue weighted by Crippen LogP contribution is 2.25. The van der Waals surface area contributed by atoms with Gasteiger partial charge in [0.25, 0.3) is 0 Å². The molecule has 1 aromatic heterocycles. The van der Waals surface area contributed by atoms with E-state index in [0.29, 0.717) is 36.4 Å². The van der Waals surface area contributed by atoms with E-state index in [1.54, 1.807) is 24.3 Å². The predicted octanol–water partition coefficient (Wildman–Crippen LogP) is 2.40. The maximum Gasteiger partial charge on any atom is 0.249 e. The minimum absolute atomic E-state index is 0.0281. The Morgan fingerprint density at radius 3 is 2.77 bits per heavy atom. The highest BCUT2D eigenvalue weighted by Gasteiger charge is 2.33. The molecule has 1 aliphatic rings. The molecule has 8 heteroatoms. The van der Waals surface area contributed by atoms with E-state index in [2.05, 4.69) is 34.6 Å². The molecule has 0 bridgehead atoms. The first-order valence-corrected chi connectivity index (χ1v) is 8.75. The van der Waals surface area contributed by atoms with Gasteiger partial charge in [-0.2, -0.15) is 10.1 Å². The summed E-state index contributed by atoms with van der Waals surface area (Å²) in [6, 6.07) is 6.37. The van der Waals surface area contributed by atoms with Crippen LogP contribution in [0, 0.1) is 5.92 Å². The van der Waals surface area contributed by atoms with Crippen LogP contribution in [0.4, 0.5) is 11.6 Å². The van der Waals surface area contributed by atoms with Gasteiger partial charge < -0.3 is 10.1 Å². The normalized spacial score (nSPS) is 16.2. The molecule has 2 amide bonds. The van der Waals surface area contributed by atoms with E-state index in [9.17, 15) is 9.59 Å². The van der Waals surface area contributed by atoms with Gasteiger partial charge in [0, 0.05) is 12.1 Å². The van der Waals surface area contributed by atoms with E-state index in [4.69, 9.17) is 4.74 Å². The summed E-state index contributed by atoms with van der Waals surface area (Å²) in [6.45, 7) is 6.62. The molecule has 1 aliphatic heterocycles. The van der Waals surface area contributed by atoms with E-state index in [1.165, 1.54) is 4.68 Å². The molecule has 0 saturated heterocycles. The minimum Gasteiger partial charge on any atom is -0.494 e. The third-order valence-corrected chi connectivity index (χ3v) is 3.93. The molecule has 2 aromatic rings. The first kappa shape index (κ1) is 17.9. The molecule has 3 rings (SSSR count). The summed E-state index contributed by atoms with van der Waals surface area (Å²) in [6.07, 6.45) is 0.712. The van der Waals surface area contributed by atoms with Crippen LogP contribution in [-0.2, 0) is 16.0 Å². The molecule has 1 atom stereocenters. The number of amides is 2. The molecule has 2 N–H and O–H groups in total. The zero-order valence-corrected chi connectivity index (χ0v) is 15.2. The van der Waals surface area contributed by atoms with Crippen LogP contribution < -0.4 is 15.4 Å². The smallest absolute Gasteiger partial charge is 0.249 e. The van der Waals surface area contributed by atoms with Gasteiger partial charge in [-0.3, -0.25) is 14.9 Å². The molecular formula is C18H23N5O3. The number of carbonyl (C=O) groups is 2. The number of anilines is 2. The number of hydrogen-bond acceptors (Lipinski definition) is 5. The highest BCUT2D eigenvalue weighted by molar-refractivity contribution is 6.00. The molecule has 0 saturated carbocycles. The van der Waals surface area contributed by atoms with Crippen molar-refractivity contribution in [1.29, 1.82) is 0 Å². The fourth-order valence-corrected chi connectivity index (χ4v) is 2.79. The quantitative estimate of drug-likeness (QED) is 0.827. The van der Waals surface area contributed by atoms with Crippen LogP contribution in [0.15, 0.2) is 24.3 Å². The number of nitrogens with zero attached hydrogens (tertiary/aromatic N) is 3. The summed E-state index contributed by atoms with van der Waals surface area (Å²) in [7, 11) is 0. The van der Waals surface area contributed by atoms with Crippen molar-refractivity contribution < 1.29 is 14.3 Å². The molecule has 0 unspecified atom stereocenters. The standard InChI is InChI=1S/C18H23N5O3/c1-4-26-13-7-5-12(6-8-13)19-17(25)14-10-16(24)21-18-20-15(9-11(2)3)22-23(14)18/h5-8,11,14H,4,9-10H2,1-3H3,(H,19,25)(H,20,21,22,24)/t14-/m1/s1. The van der Waals surface area contributed by atoms with Crippen molar-refractivity contribution in [3.63, 3.8) is 0 Å². The summed E-state index contributed by atoms with van der Waals surface area (Å²) in [4.78, 5) is 29.0. The molecule has 0 aliphatic carbocycles. The zero-order chi connectivity index (χ0) is 18.7. The average Bonchev–Trinajstić information content (AvgIpc) is 2.97. The second-order valence-electron chi connectivity index (χ2n) is 6.61. The molecule has 26 heavy (non-hydrogen) atoms. The summed E-state index contributed by atoms with van der Waals surface area (Å²) in [5.74, 6) is 1.52. The third kappa shape index (κ3) is 4.01. The van der Waals surface area contributed by atoms with Crippen LogP contribution in [-0.4, -0.2) is 33.2 Å². The van der Waals surface area contributed by atoms with Crippen LogP contribution in [0.1, 0.15) is 39.1 Å². The lowest BCUT2D eigenvalue weighted by Gasteiger charge is -2.22. The van der Waals surface area contributed by atoms with Crippen LogP contribution in [0.5, 0.6) is 5.75 Å². The number of carbonyl (C=O) groups excluding carboxylic acids is 2. The second kappa shape index (κ2) is 7.55. The summed E-state index contributed by atoms with van der Waals surface area (Å²) in [5.41, 5.74) is 0.633. The van der Waals surface area contributed by atoms with Gasteiger partial charge in [0.05, 0.1) is 13.0 Å². The number of hydrogen-bond donors (Lipinski definition) is 2. The van der Waals surface area contributed by atoms with E-state index in [-0.39, 0.29) is 18.2 Å². The third-order valence-electron chi connectivity index (χ3n) is 3.93. The maximum absolute atomic E-state index is 12.7. The molecule has 0 fully saturated rings. The number of rotatable bonds is 6. The Balaban J connectivity index is 1.77. The Labute approximate surface area is 151 Å². The van der Waals surface area contributed by atoms with Crippen LogP contribution in [0.25, 0.3) is 0 Å². The highest BCUT2D eigenvalue weighted by atomic mass is 16.5. The van der Waals surface area contributed by atoms with Gasteiger partial charge in [-0.25, -0.2) is 4.68 Å². The van der Waals surface area contributed by atoms with Crippen molar-refractivity contribution in [2.75, 3.05) is 17.2 Å². The molecule has 8 nitrogen and oxygen atoms in total. The number of ether oxygens (including phenoxy) is 1. The number of aromatic nitrogens is 3. The van der Waals surface area contributed by atoms with Crippen LogP contribution in [0.2, 0.25) is 0 Å². The summed E-state index contributed by atoms with van der Waals surface area (Å²) >= 11 is 0. The Bertz CT molecular complexity index is 798. The largest absolute Gasteiger partial charge is 0.494 e. The molecule has 2 heterocycles. The van der Waals surface area contributed by atoms with Gasteiger partial charge in [0.2, 0.25) is 17.8 Å². The number of fused-ring (bicyclic) bond motifs is 1. The van der Waals surface area contributed by atoms with Crippen molar-refractivity contribution in [2.24, 2.45) is 5.92 Å². The molecule has 0 radical (unpaired) electrons. The van der Waals surface area contributed by atoms with Gasteiger partial charge in [-0.15, -0.1) is 0 Å². The Hall–Kier alpha value is -2.90. The molecule has 138 valence electrons. The first-order chi connectivity index (χ1) is 12.5.